The number of fused-ring (bicyclic) bond motifs is 1. The fourth-order valence-corrected chi connectivity index (χ4v) is 7.52. The van der Waals surface area contributed by atoms with Gasteiger partial charge in [0.25, 0.3) is 5.88 Å². The summed E-state index contributed by atoms with van der Waals surface area (Å²) in [4.78, 5) is 13.0. The Kier molecular flexibility index (Phi) is 8.11. The third-order valence-corrected chi connectivity index (χ3v) is 10.3. The molecule has 0 saturated carbocycles. The van der Waals surface area contributed by atoms with E-state index in [0.717, 1.165) is 5.56 Å². The van der Waals surface area contributed by atoms with E-state index >= 15 is 0 Å². The van der Waals surface area contributed by atoms with Crippen molar-refractivity contribution < 1.29 is 26.8 Å². The fraction of sp³-hybridized carbons (Fsp3) is 0.593. The van der Waals surface area contributed by atoms with E-state index in [1.807, 2.05) is 53.0 Å². The predicted octanol–water partition coefficient (Wildman–Crippen LogP) is 3.95. The molecule has 1 aromatic carbocycles. The fourth-order valence-electron chi connectivity index (χ4n) is 4.74. The van der Waals surface area contributed by atoms with Gasteiger partial charge >= 0.3 is 10.1 Å². The quantitative estimate of drug-likeness (QED) is 0.302. The molecule has 13 heteroatoms. The van der Waals surface area contributed by atoms with E-state index in [0.29, 0.717) is 18.7 Å². The average Bonchev–Trinajstić information content (AvgIpc) is 3.38. The Morgan fingerprint density at radius 3 is 2.33 bits per heavy atom. The summed E-state index contributed by atoms with van der Waals surface area (Å²) < 4.78 is 52.9. The molecule has 0 amide bonds. The molecule has 1 saturated heterocycles. The lowest BCUT2D eigenvalue weighted by Crippen LogP contribution is -2.45. The van der Waals surface area contributed by atoms with Gasteiger partial charge in [-0.15, -0.1) is 0 Å². The number of imidazole rings is 1. The van der Waals surface area contributed by atoms with Crippen LogP contribution >= 0.6 is 0 Å². The Bertz CT molecular complexity index is 1460. The monoisotopic (exact) mass is 591 g/mol. The van der Waals surface area contributed by atoms with Crippen molar-refractivity contribution in [3.63, 3.8) is 0 Å². The third kappa shape index (κ3) is 6.49. The summed E-state index contributed by atoms with van der Waals surface area (Å²) in [5, 5.41) is -0.801. The van der Waals surface area contributed by atoms with Crippen molar-refractivity contribution in [2.45, 2.75) is 102 Å². The van der Waals surface area contributed by atoms with E-state index in [4.69, 9.17) is 24.1 Å². The minimum atomic E-state index is -4.19. The summed E-state index contributed by atoms with van der Waals surface area (Å²) in [7, 11) is -5.89. The number of aryl methyl sites for hydroxylation is 1. The van der Waals surface area contributed by atoms with Gasteiger partial charge in [-0.05, 0) is 60.6 Å². The Morgan fingerprint density at radius 2 is 1.75 bits per heavy atom. The van der Waals surface area contributed by atoms with Crippen molar-refractivity contribution in [2.75, 3.05) is 12.3 Å². The van der Waals surface area contributed by atoms with Gasteiger partial charge in [0.15, 0.2) is 11.2 Å². The van der Waals surface area contributed by atoms with Gasteiger partial charge in [0.05, 0.1) is 39.0 Å². The largest absolute Gasteiger partial charge is 0.373 e. The molecule has 2 aromatic heterocycles. The number of hydrogen-bond acceptors (Lipinski definition) is 10. The van der Waals surface area contributed by atoms with Crippen LogP contribution in [0.15, 0.2) is 35.5 Å². The molecule has 1 fully saturated rings. The Balaban J connectivity index is 1.77. The molecule has 2 N–H and O–H groups in total. The molecule has 220 valence electrons. The maximum Gasteiger partial charge on any atom is 0.340 e. The molecule has 3 aromatic rings. The summed E-state index contributed by atoms with van der Waals surface area (Å²) in [6.07, 6.45) is 1.53. The topological polar surface area (TPSA) is 141 Å². The van der Waals surface area contributed by atoms with Gasteiger partial charge in [-0.25, -0.2) is 4.98 Å². The summed E-state index contributed by atoms with van der Waals surface area (Å²) in [6, 6.07) is 6.34. The first-order valence-corrected chi connectivity index (χ1v) is 17.7. The molecule has 1 aliphatic rings. The standard InChI is InChI=1S/C27H41N5O6SSi/c1-17-10-12-18(13-11-17)39(33,34)38-23-21-22(30-24(28)31-23)32(16-29-21)27(40(8)9)14-19(36-26(5,6)7)20(37-27)15-35-25(2,3)4/h10-13,16,19-20,40H,14-15H2,1-9H3,(H2,28,30,31)/t19-,20+,27+/m0/s1. The molecule has 1 aliphatic heterocycles. The molecule has 3 atom stereocenters. The second-order valence-electron chi connectivity index (χ2n) is 12.6. The first-order valence-electron chi connectivity index (χ1n) is 13.4. The highest BCUT2D eigenvalue weighted by molar-refractivity contribution is 7.87. The lowest BCUT2D eigenvalue weighted by molar-refractivity contribution is -0.139. The van der Waals surface area contributed by atoms with Crippen LogP contribution in [-0.4, -0.2) is 66.8 Å². The number of nitrogen functional groups attached to an aromatic ring is 1. The Morgan fingerprint density at radius 1 is 1.10 bits per heavy atom. The van der Waals surface area contributed by atoms with Crippen LogP contribution in [0.3, 0.4) is 0 Å². The molecule has 0 spiro atoms. The molecule has 0 bridgehead atoms. The van der Waals surface area contributed by atoms with Gasteiger partial charge in [0.1, 0.15) is 16.3 Å². The van der Waals surface area contributed by atoms with Gasteiger partial charge in [-0.2, -0.15) is 18.4 Å². The molecular formula is C27H41N5O6SSi. The number of ether oxygens (including phenoxy) is 3. The van der Waals surface area contributed by atoms with Crippen molar-refractivity contribution >= 4 is 36.0 Å². The molecular weight excluding hydrogens is 550 g/mol. The van der Waals surface area contributed by atoms with E-state index in [9.17, 15) is 8.42 Å². The Hall–Kier alpha value is -2.58. The Labute approximate surface area is 238 Å². The zero-order valence-corrected chi connectivity index (χ0v) is 26.7. The van der Waals surface area contributed by atoms with Crippen LogP contribution in [0, 0.1) is 6.92 Å². The van der Waals surface area contributed by atoms with Crippen molar-refractivity contribution in [3.05, 3.63) is 36.2 Å². The number of benzene rings is 1. The van der Waals surface area contributed by atoms with Crippen LogP contribution in [0.1, 0.15) is 53.5 Å². The van der Waals surface area contributed by atoms with Crippen molar-refractivity contribution in [3.8, 4) is 5.88 Å². The van der Waals surface area contributed by atoms with Crippen LogP contribution in [0.5, 0.6) is 5.88 Å². The maximum atomic E-state index is 13.1. The van der Waals surface area contributed by atoms with Gasteiger partial charge in [0.2, 0.25) is 5.95 Å². The second kappa shape index (κ2) is 10.7. The van der Waals surface area contributed by atoms with Crippen LogP contribution in [0.4, 0.5) is 5.95 Å². The van der Waals surface area contributed by atoms with Crippen molar-refractivity contribution in [2.24, 2.45) is 0 Å². The van der Waals surface area contributed by atoms with E-state index in [-0.39, 0.29) is 40.0 Å². The van der Waals surface area contributed by atoms with Crippen LogP contribution in [0.25, 0.3) is 11.2 Å². The number of rotatable bonds is 8. The second-order valence-corrected chi connectivity index (χ2v) is 17.3. The molecule has 0 unspecified atom stereocenters. The smallest absolute Gasteiger partial charge is 0.340 e. The van der Waals surface area contributed by atoms with E-state index in [2.05, 4.69) is 28.0 Å². The van der Waals surface area contributed by atoms with E-state index < -0.39 is 29.9 Å². The summed E-state index contributed by atoms with van der Waals surface area (Å²) in [5.74, 6) is -0.382. The highest BCUT2D eigenvalue weighted by Crippen LogP contribution is 2.43. The minimum Gasteiger partial charge on any atom is -0.373 e. The molecule has 0 radical (unpaired) electrons. The van der Waals surface area contributed by atoms with Crippen molar-refractivity contribution in [1.82, 2.24) is 19.5 Å². The lowest BCUT2D eigenvalue weighted by atomic mass is 10.1. The van der Waals surface area contributed by atoms with Gasteiger partial charge in [-0.3, -0.25) is 4.57 Å². The number of nitrogens with zero attached hydrogens (tertiary/aromatic N) is 4. The zero-order chi connectivity index (χ0) is 29.7. The summed E-state index contributed by atoms with van der Waals surface area (Å²) in [6.45, 7) is 18.6. The maximum absolute atomic E-state index is 13.1. The van der Waals surface area contributed by atoms with Crippen LogP contribution in [0.2, 0.25) is 13.1 Å². The SMILES string of the molecule is Cc1ccc(S(=O)(=O)Oc2nc(N)nc3c2ncn3[C@]2([SiH](C)C)C[C@H](OC(C)(C)C)[C@@H](COC(C)(C)C)O2)cc1. The van der Waals surface area contributed by atoms with Crippen LogP contribution in [-0.2, 0) is 29.7 Å². The summed E-state index contributed by atoms with van der Waals surface area (Å²) >= 11 is 0. The number of aromatic nitrogens is 4. The van der Waals surface area contributed by atoms with E-state index in [1.165, 1.54) is 12.1 Å². The first-order chi connectivity index (χ1) is 18.4. The molecule has 3 heterocycles. The average molecular weight is 592 g/mol. The molecule has 40 heavy (non-hydrogen) atoms. The summed E-state index contributed by atoms with van der Waals surface area (Å²) in [5.41, 5.74) is 6.73. The van der Waals surface area contributed by atoms with E-state index in [1.54, 1.807) is 18.5 Å². The molecule has 0 aliphatic carbocycles. The normalized spacial score (nSPS) is 22.4. The lowest BCUT2D eigenvalue weighted by Gasteiger charge is -2.34. The van der Waals surface area contributed by atoms with Gasteiger partial charge < -0.3 is 24.1 Å². The molecule has 11 nitrogen and oxygen atoms in total. The minimum absolute atomic E-state index is 0.00286. The number of anilines is 1. The van der Waals surface area contributed by atoms with Crippen molar-refractivity contribution in [1.29, 1.82) is 0 Å². The number of nitrogens with two attached hydrogens (primary N) is 1. The van der Waals surface area contributed by atoms with Crippen LogP contribution < -0.4 is 9.92 Å². The van der Waals surface area contributed by atoms with Gasteiger partial charge in [-0.1, -0.05) is 30.8 Å². The first kappa shape index (κ1) is 30.4. The third-order valence-electron chi connectivity index (χ3n) is 6.64. The molecule has 4 rings (SSSR count). The van der Waals surface area contributed by atoms with Gasteiger partial charge in [0, 0.05) is 6.42 Å². The number of hydrogen-bond donors (Lipinski definition) is 1. The highest BCUT2D eigenvalue weighted by Gasteiger charge is 2.52. The highest BCUT2D eigenvalue weighted by atomic mass is 32.2. The predicted molar refractivity (Wildman–Crippen MR) is 155 cm³/mol. The zero-order valence-electron chi connectivity index (χ0n) is 24.8.